The van der Waals surface area contributed by atoms with Gasteiger partial charge in [0, 0.05) is 6.04 Å². The van der Waals surface area contributed by atoms with Crippen LogP contribution in [0.3, 0.4) is 0 Å². The second-order valence-corrected chi connectivity index (χ2v) is 6.02. The van der Waals surface area contributed by atoms with Crippen molar-refractivity contribution in [3.05, 3.63) is 59.5 Å². The van der Waals surface area contributed by atoms with Crippen molar-refractivity contribution >= 4 is 0 Å². The fourth-order valence-electron chi connectivity index (χ4n) is 3.06. The first kappa shape index (κ1) is 12.5. The summed E-state index contributed by atoms with van der Waals surface area (Å²) in [5.41, 5.74) is 3.22. The monoisotopic (exact) mass is 255 g/mol. The van der Waals surface area contributed by atoms with Crippen LogP contribution in [0.5, 0.6) is 0 Å². The average molecular weight is 255 g/mol. The normalized spacial score (nSPS) is 21.1. The van der Waals surface area contributed by atoms with E-state index >= 15 is 0 Å². The van der Waals surface area contributed by atoms with Crippen LogP contribution < -0.4 is 5.32 Å². The van der Waals surface area contributed by atoms with Gasteiger partial charge in [0.15, 0.2) is 0 Å². The van der Waals surface area contributed by atoms with Gasteiger partial charge in [-0.25, -0.2) is 0 Å². The zero-order chi connectivity index (χ0) is 13.3. The molecule has 1 unspecified atom stereocenters. The first-order chi connectivity index (χ1) is 9.17. The molecule has 2 heteroatoms. The van der Waals surface area contributed by atoms with Gasteiger partial charge in [-0.15, -0.1) is 0 Å². The maximum atomic E-state index is 5.39. The molecule has 1 aromatic heterocycles. The molecule has 0 radical (unpaired) electrons. The molecule has 0 fully saturated rings. The van der Waals surface area contributed by atoms with Crippen molar-refractivity contribution in [2.45, 2.75) is 44.7 Å². The van der Waals surface area contributed by atoms with Gasteiger partial charge in [0.25, 0.3) is 0 Å². The number of rotatable bonds is 3. The Bertz CT molecular complexity index is 542. The molecule has 0 aliphatic heterocycles. The van der Waals surface area contributed by atoms with Crippen LogP contribution in [-0.4, -0.2) is 0 Å². The van der Waals surface area contributed by atoms with E-state index in [1.165, 1.54) is 24.0 Å². The van der Waals surface area contributed by atoms with Crippen molar-refractivity contribution in [3.8, 4) is 0 Å². The second-order valence-electron chi connectivity index (χ2n) is 6.02. The number of hydrogen-bond acceptors (Lipinski definition) is 2. The first-order valence-corrected chi connectivity index (χ1v) is 7.02. The van der Waals surface area contributed by atoms with Gasteiger partial charge >= 0.3 is 0 Å². The summed E-state index contributed by atoms with van der Waals surface area (Å²) in [6.07, 6.45) is 4.14. The summed E-state index contributed by atoms with van der Waals surface area (Å²) in [5, 5.41) is 3.62. The Balaban J connectivity index is 1.80. The van der Waals surface area contributed by atoms with E-state index < -0.39 is 0 Å². The minimum absolute atomic E-state index is 0.291. The van der Waals surface area contributed by atoms with Crippen LogP contribution in [0.1, 0.15) is 49.6 Å². The van der Waals surface area contributed by atoms with Crippen molar-refractivity contribution < 1.29 is 4.42 Å². The van der Waals surface area contributed by atoms with E-state index in [-0.39, 0.29) is 0 Å². The van der Waals surface area contributed by atoms with E-state index in [1.54, 1.807) is 6.26 Å². The molecule has 100 valence electrons. The molecule has 0 saturated carbocycles. The minimum atomic E-state index is 0.291. The molecule has 1 heterocycles. The topological polar surface area (TPSA) is 25.2 Å². The summed E-state index contributed by atoms with van der Waals surface area (Å²) in [6.45, 7) is 5.48. The summed E-state index contributed by atoms with van der Waals surface area (Å²) < 4.78 is 5.39. The van der Waals surface area contributed by atoms with E-state index in [0.29, 0.717) is 11.5 Å². The van der Waals surface area contributed by atoms with Gasteiger partial charge < -0.3 is 9.73 Å². The molecule has 1 aliphatic carbocycles. The van der Waals surface area contributed by atoms with Crippen molar-refractivity contribution in [3.63, 3.8) is 0 Å². The molecule has 3 rings (SSSR count). The SMILES string of the molecule is CC1(C)CCC(NCc2ccco2)c2ccccc21. The number of furan rings is 1. The van der Waals surface area contributed by atoms with E-state index in [2.05, 4.69) is 43.4 Å². The third kappa shape index (κ3) is 2.45. The second kappa shape index (κ2) is 4.86. The fraction of sp³-hybridized carbons (Fsp3) is 0.412. The molecule has 2 aromatic rings. The maximum absolute atomic E-state index is 5.39. The van der Waals surface area contributed by atoms with Gasteiger partial charge in [-0.05, 0) is 41.5 Å². The van der Waals surface area contributed by atoms with Crippen LogP contribution in [0.2, 0.25) is 0 Å². The van der Waals surface area contributed by atoms with Crippen LogP contribution in [0.4, 0.5) is 0 Å². The van der Waals surface area contributed by atoms with Crippen molar-refractivity contribution in [1.82, 2.24) is 5.32 Å². The van der Waals surface area contributed by atoms with Crippen LogP contribution >= 0.6 is 0 Å². The molecule has 1 aliphatic rings. The predicted octanol–water partition coefficient (Wildman–Crippen LogP) is 4.18. The highest BCUT2D eigenvalue weighted by atomic mass is 16.3. The van der Waals surface area contributed by atoms with E-state index in [0.717, 1.165) is 12.3 Å². The van der Waals surface area contributed by atoms with Gasteiger partial charge in [0.1, 0.15) is 5.76 Å². The lowest BCUT2D eigenvalue weighted by molar-refractivity contribution is 0.347. The molecule has 1 aromatic carbocycles. The quantitative estimate of drug-likeness (QED) is 0.890. The van der Waals surface area contributed by atoms with E-state index in [9.17, 15) is 0 Å². The lowest BCUT2D eigenvalue weighted by Crippen LogP contribution is -2.32. The smallest absolute Gasteiger partial charge is 0.117 e. The van der Waals surface area contributed by atoms with Crippen molar-refractivity contribution in [2.75, 3.05) is 0 Å². The zero-order valence-corrected chi connectivity index (χ0v) is 11.6. The summed E-state index contributed by atoms with van der Waals surface area (Å²) >= 11 is 0. The third-order valence-corrected chi connectivity index (χ3v) is 4.23. The Labute approximate surface area is 114 Å². The van der Waals surface area contributed by atoms with Crippen molar-refractivity contribution in [2.24, 2.45) is 0 Å². The standard InChI is InChI=1S/C17H21NO/c1-17(2)10-9-16(14-7-3-4-8-15(14)17)18-12-13-6-5-11-19-13/h3-8,11,16,18H,9-10,12H2,1-2H3. The lowest BCUT2D eigenvalue weighted by atomic mass is 9.71. The van der Waals surface area contributed by atoms with Gasteiger partial charge in [0.2, 0.25) is 0 Å². The van der Waals surface area contributed by atoms with Crippen LogP contribution in [0.15, 0.2) is 47.1 Å². The Morgan fingerprint density at radius 3 is 2.84 bits per heavy atom. The van der Waals surface area contributed by atoms with Crippen LogP contribution in [0, 0.1) is 0 Å². The zero-order valence-electron chi connectivity index (χ0n) is 11.6. The number of hydrogen-bond donors (Lipinski definition) is 1. The first-order valence-electron chi connectivity index (χ1n) is 7.02. The highest BCUT2D eigenvalue weighted by Gasteiger charge is 2.31. The van der Waals surface area contributed by atoms with Gasteiger partial charge in [0.05, 0.1) is 12.8 Å². The Kier molecular flexibility index (Phi) is 3.19. The number of nitrogens with one attached hydrogen (secondary N) is 1. The number of benzene rings is 1. The highest BCUT2D eigenvalue weighted by molar-refractivity contribution is 5.38. The van der Waals surface area contributed by atoms with Crippen molar-refractivity contribution in [1.29, 1.82) is 0 Å². The fourth-order valence-corrected chi connectivity index (χ4v) is 3.06. The molecule has 0 bridgehead atoms. The lowest BCUT2D eigenvalue weighted by Gasteiger charge is -2.37. The van der Waals surface area contributed by atoms with Gasteiger partial charge in [-0.2, -0.15) is 0 Å². The molecule has 1 atom stereocenters. The molecule has 19 heavy (non-hydrogen) atoms. The molecule has 0 amide bonds. The summed E-state index contributed by atoms with van der Waals surface area (Å²) in [7, 11) is 0. The van der Waals surface area contributed by atoms with E-state index in [4.69, 9.17) is 4.42 Å². The summed E-state index contributed by atoms with van der Waals surface area (Å²) in [6, 6.07) is 13.2. The Morgan fingerprint density at radius 1 is 1.21 bits per heavy atom. The van der Waals surface area contributed by atoms with E-state index in [1.807, 2.05) is 12.1 Å². The largest absolute Gasteiger partial charge is 0.468 e. The summed E-state index contributed by atoms with van der Waals surface area (Å²) in [5.74, 6) is 1.00. The molecule has 1 N–H and O–H groups in total. The van der Waals surface area contributed by atoms with Gasteiger partial charge in [-0.3, -0.25) is 0 Å². The highest BCUT2D eigenvalue weighted by Crippen LogP contribution is 2.41. The molecular formula is C17H21NO. The Morgan fingerprint density at radius 2 is 2.05 bits per heavy atom. The maximum Gasteiger partial charge on any atom is 0.117 e. The molecule has 0 saturated heterocycles. The summed E-state index contributed by atoms with van der Waals surface area (Å²) in [4.78, 5) is 0. The molecule has 0 spiro atoms. The average Bonchev–Trinajstić information content (AvgIpc) is 2.91. The van der Waals surface area contributed by atoms with Gasteiger partial charge in [-0.1, -0.05) is 38.1 Å². The third-order valence-electron chi connectivity index (χ3n) is 4.23. The minimum Gasteiger partial charge on any atom is -0.468 e. The molecular weight excluding hydrogens is 234 g/mol. The van der Waals surface area contributed by atoms with Crippen LogP contribution in [0.25, 0.3) is 0 Å². The molecule has 2 nitrogen and oxygen atoms in total. The number of fused-ring (bicyclic) bond motifs is 1. The Hall–Kier alpha value is -1.54. The predicted molar refractivity (Wildman–Crippen MR) is 77.0 cm³/mol. The van der Waals surface area contributed by atoms with Crippen LogP contribution in [-0.2, 0) is 12.0 Å².